The Morgan fingerprint density at radius 3 is 2.06 bits per heavy atom. The van der Waals surface area contributed by atoms with Crippen LogP contribution in [0.3, 0.4) is 0 Å². The average Bonchev–Trinajstić information content (AvgIpc) is 2.68. The largest absolute Gasteiger partial charge is 0.573 e. The summed E-state index contributed by atoms with van der Waals surface area (Å²) in [7, 11) is 1.62. The quantitative estimate of drug-likeness (QED) is 0.520. The third-order valence-corrected chi connectivity index (χ3v) is 5.20. The molecule has 8 heteroatoms. The number of aryl methyl sites for hydroxylation is 1. The summed E-state index contributed by atoms with van der Waals surface area (Å²) in [6.07, 6.45) is 1.83. The van der Waals surface area contributed by atoms with Crippen LogP contribution >= 0.6 is 0 Å². The van der Waals surface area contributed by atoms with Gasteiger partial charge in [0.1, 0.15) is 17.7 Å². The van der Waals surface area contributed by atoms with Gasteiger partial charge in [-0.1, -0.05) is 32.9 Å². The second-order valence-electron chi connectivity index (χ2n) is 8.22. The van der Waals surface area contributed by atoms with E-state index >= 15 is 0 Å². The molecule has 3 rings (SSSR count). The first kappa shape index (κ1) is 22.7. The van der Waals surface area contributed by atoms with E-state index in [1.165, 1.54) is 18.5 Å². The molecule has 0 saturated heterocycles. The van der Waals surface area contributed by atoms with E-state index in [4.69, 9.17) is 4.74 Å². The highest BCUT2D eigenvalue weighted by molar-refractivity contribution is 5.67. The number of benzene rings is 1. The summed E-state index contributed by atoms with van der Waals surface area (Å²) in [6.45, 7) is 7.86. The summed E-state index contributed by atoms with van der Waals surface area (Å²) < 4.78 is 47.4. The minimum Gasteiger partial charge on any atom is -0.406 e. The second-order valence-corrected chi connectivity index (χ2v) is 8.22. The lowest BCUT2D eigenvalue weighted by Crippen LogP contribution is -2.44. The Morgan fingerprint density at radius 1 is 0.903 bits per heavy atom. The topological polar surface area (TPSA) is 57.1 Å². The molecule has 164 valence electrons. The summed E-state index contributed by atoms with van der Waals surface area (Å²) in [4.78, 5) is 12.9. The highest BCUT2D eigenvalue weighted by Gasteiger charge is 2.47. The number of pyridine rings is 1. The fourth-order valence-corrected chi connectivity index (χ4v) is 3.89. The van der Waals surface area contributed by atoms with Crippen LogP contribution in [-0.4, -0.2) is 28.4 Å². The summed E-state index contributed by atoms with van der Waals surface area (Å²) in [5.74, 6) is -0.256. The monoisotopic (exact) mass is 431 g/mol. The number of rotatable bonds is 5. The maximum Gasteiger partial charge on any atom is 0.573 e. The normalized spacial score (nSPS) is 14.2. The lowest BCUT2D eigenvalue weighted by atomic mass is 9.70. The van der Waals surface area contributed by atoms with Crippen molar-refractivity contribution in [3.05, 3.63) is 72.1 Å². The summed E-state index contributed by atoms with van der Waals surface area (Å²) >= 11 is 0. The van der Waals surface area contributed by atoms with Gasteiger partial charge in [0.05, 0.1) is 5.69 Å². The van der Waals surface area contributed by atoms with Crippen LogP contribution in [0.25, 0.3) is 11.1 Å². The van der Waals surface area contributed by atoms with Crippen LogP contribution in [0.2, 0.25) is 0 Å². The molecule has 1 atom stereocenters. The van der Waals surface area contributed by atoms with Crippen molar-refractivity contribution in [1.29, 1.82) is 0 Å². The van der Waals surface area contributed by atoms with Gasteiger partial charge in [0.15, 0.2) is 0 Å². The van der Waals surface area contributed by atoms with Gasteiger partial charge in [0.25, 0.3) is 0 Å². The van der Waals surface area contributed by atoms with E-state index in [0.29, 0.717) is 11.3 Å². The van der Waals surface area contributed by atoms with Gasteiger partial charge in [-0.3, -0.25) is 4.98 Å². The van der Waals surface area contributed by atoms with Gasteiger partial charge >= 0.3 is 6.36 Å². The number of aromatic nitrogens is 3. The summed E-state index contributed by atoms with van der Waals surface area (Å²) in [5.41, 5.74) is 2.34. The third-order valence-electron chi connectivity index (χ3n) is 5.20. The van der Waals surface area contributed by atoms with Crippen LogP contribution in [0.5, 0.6) is 5.75 Å². The Labute approximate surface area is 179 Å². The van der Waals surface area contributed by atoms with Crippen LogP contribution in [0.15, 0.2) is 55.2 Å². The SMILES string of the molecule is COC(c1cncnc1)(c1ccc(-c2ccc(OC(F)(F)F)cc2C)cn1)C(C)(C)C. The van der Waals surface area contributed by atoms with Gasteiger partial charge < -0.3 is 9.47 Å². The second kappa shape index (κ2) is 8.26. The molecule has 2 aromatic heterocycles. The molecule has 0 N–H and O–H groups in total. The van der Waals surface area contributed by atoms with Crippen LogP contribution in [-0.2, 0) is 10.3 Å². The first-order valence-corrected chi connectivity index (χ1v) is 9.62. The molecule has 2 heterocycles. The van der Waals surface area contributed by atoms with Gasteiger partial charge in [0, 0.05) is 42.2 Å². The van der Waals surface area contributed by atoms with E-state index in [0.717, 1.165) is 16.7 Å². The van der Waals surface area contributed by atoms with E-state index in [-0.39, 0.29) is 11.2 Å². The molecule has 0 aliphatic carbocycles. The van der Waals surface area contributed by atoms with Crippen LogP contribution in [0, 0.1) is 12.3 Å². The molecule has 0 aliphatic heterocycles. The lowest BCUT2D eigenvalue weighted by molar-refractivity contribution is -0.274. The maximum atomic E-state index is 12.5. The van der Waals surface area contributed by atoms with Gasteiger partial charge in [0.2, 0.25) is 0 Å². The molecule has 0 aliphatic rings. The number of ether oxygens (including phenoxy) is 2. The molecule has 31 heavy (non-hydrogen) atoms. The number of nitrogens with zero attached hydrogens (tertiary/aromatic N) is 3. The fraction of sp³-hybridized carbons (Fsp3) is 0.348. The number of hydrogen-bond acceptors (Lipinski definition) is 5. The van der Waals surface area contributed by atoms with Crippen LogP contribution in [0.1, 0.15) is 37.6 Å². The number of methoxy groups -OCH3 is 1. The van der Waals surface area contributed by atoms with Crippen molar-refractivity contribution in [3.63, 3.8) is 0 Å². The van der Waals surface area contributed by atoms with Crippen molar-refractivity contribution >= 4 is 0 Å². The van der Waals surface area contributed by atoms with Gasteiger partial charge in [-0.2, -0.15) is 0 Å². The Balaban J connectivity index is 2.02. The van der Waals surface area contributed by atoms with Gasteiger partial charge in [-0.15, -0.1) is 13.2 Å². The zero-order valence-corrected chi connectivity index (χ0v) is 18.0. The summed E-state index contributed by atoms with van der Waals surface area (Å²) in [5, 5.41) is 0. The minimum absolute atomic E-state index is 0.256. The van der Waals surface area contributed by atoms with E-state index in [9.17, 15) is 13.2 Å². The predicted octanol–water partition coefficient (Wildman–Crippen LogP) is 5.68. The smallest absolute Gasteiger partial charge is 0.406 e. The Kier molecular flexibility index (Phi) is 6.04. The molecule has 0 saturated carbocycles. The fourth-order valence-electron chi connectivity index (χ4n) is 3.89. The van der Waals surface area contributed by atoms with E-state index < -0.39 is 12.0 Å². The Bertz CT molecular complexity index is 1030. The van der Waals surface area contributed by atoms with Crippen molar-refractivity contribution < 1.29 is 22.6 Å². The molecule has 3 aromatic rings. The first-order chi connectivity index (χ1) is 14.5. The lowest BCUT2D eigenvalue weighted by Gasteiger charge is -2.43. The van der Waals surface area contributed by atoms with Crippen molar-refractivity contribution in [3.8, 4) is 16.9 Å². The van der Waals surface area contributed by atoms with Crippen molar-refractivity contribution in [2.45, 2.75) is 39.7 Å². The highest BCUT2D eigenvalue weighted by Crippen LogP contribution is 2.46. The molecular weight excluding hydrogens is 407 g/mol. The van der Waals surface area contributed by atoms with Crippen LogP contribution in [0.4, 0.5) is 13.2 Å². The Morgan fingerprint density at radius 2 is 1.58 bits per heavy atom. The zero-order valence-electron chi connectivity index (χ0n) is 18.0. The predicted molar refractivity (Wildman–Crippen MR) is 110 cm³/mol. The molecule has 0 spiro atoms. The van der Waals surface area contributed by atoms with E-state index in [2.05, 4.69) is 19.7 Å². The summed E-state index contributed by atoms with van der Waals surface area (Å²) in [6, 6.07) is 7.96. The molecular formula is C23H24F3N3O2. The molecule has 0 amide bonds. The maximum absolute atomic E-state index is 12.5. The zero-order chi connectivity index (χ0) is 22.9. The number of alkyl halides is 3. The van der Waals surface area contributed by atoms with Gasteiger partial charge in [-0.25, -0.2) is 9.97 Å². The molecule has 0 bridgehead atoms. The minimum atomic E-state index is -4.73. The van der Waals surface area contributed by atoms with Crippen molar-refractivity contribution in [2.75, 3.05) is 7.11 Å². The van der Waals surface area contributed by atoms with E-state index in [1.54, 1.807) is 38.7 Å². The number of halogens is 3. The molecule has 0 radical (unpaired) electrons. The number of hydrogen-bond donors (Lipinski definition) is 0. The first-order valence-electron chi connectivity index (χ1n) is 9.62. The van der Waals surface area contributed by atoms with Gasteiger partial charge in [-0.05, 0) is 36.2 Å². The van der Waals surface area contributed by atoms with Crippen LogP contribution < -0.4 is 4.74 Å². The molecule has 1 aromatic carbocycles. The highest BCUT2D eigenvalue weighted by atomic mass is 19.4. The molecule has 1 unspecified atom stereocenters. The van der Waals surface area contributed by atoms with Crippen molar-refractivity contribution in [2.24, 2.45) is 5.41 Å². The average molecular weight is 431 g/mol. The standard InChI is InChI=1S/C23H24F3N3O2/c1-15-10-18(31-23(24,25)26)7-8-19(15)16-6-9-20(29-11-16)22(30-5,21(2,3)4)17-12-27-14-28-13-17/h6-14H,1-5H3. The van der Waals surface area contributed by atoms with Crippen molar-refractivity contribution in [1.82, 2.24) is 15.0 Å². The Hall–Kier alpha value is -3.00. The van der Waals surface area contributed by atoms with E-state index in [1.807, 2.05) is 32.9 Å². The third kappa shape index (κ3) is 4.54. The molecule has 5 nitrogen and oxygen atoms in total. The molecule has 0 fully saturated rings.